The number of furan rings is 1. The minimum atomic E-state index is -0.614. The van der Waals surface area contributed by atoms with Crippen molar-refractivity contribution in [3.05, 3.63) is 64.3 Å². The second-order valence-electron chi connectivity index (χ2n) is 7.53. The fourth-order valence-electron chi connectivity index (χ4n) is 3.58. The molecule has 34 heavy (non-hydrogen) atoms. The van der Waals surface area contributed by atoms with Crippen molar-refractivity contribution >= 4 is 57.2 Å². The van der Waals surface area contributed by atoms with Gasteiger partial charge in [-0.25, -0.2) is 4.79 Å². The van der Waals surface area contributed by atoms with Crippen molar-refractivity contribution in [3.8, 4) is 11.5 Å². The van der Waals surface area contributed by atoms with E-state index in [2.05, 4.69) is 0 Å². The van der Waals surface area contributed by atoms with E-state index < -0.39 is 5.97 Å². The number of carbonyl (C=O) groups excluding carboxylic acids is 2. The first-order valence-corrected chi connectivity index (χ1v) is 11.8. The number of aryl methyl sites for hydroxylation is 1. The number of rotatable bonds is 8. The quantitative estimate of drug-likeness (QED) is 0.138. The Hall–Kier alpha value is -3.14. The van der Waals surface area contributed by atoms with E-state index in [9.17, 15) is 9.59 Å². The lowest BCUT2D eigenvalue weighted by molar-refractivity contribution is -0.122. The zero-order valence-electron chi connectivity index (χ0n) is 19.0. The summed E-state index contributed by atoms with van der Waals surface area (Å²) < 4.78 is 22.3. The molecule has 7 nitrogen and oxygen atoms in total. The number of thioether (sulfide) groups is 1. The molecule has 0 saturated carbocycles. The van der Waals surface area contributed by atoms with E-state index in [1.54, 1.807) is 42.4 Å². The maximum Gasteiger partial charge on any atom is 0.380 e. The average Bonchev–Trinajstić information content (AvgIpc) is 3.31. The Kier molecular flexibility index (Phi) is 7.35. The summed E-state index contributed by atoms with van der Waals surface area (Å²) in [6.07, 6.45) is 2.45. The van der Waals surface area contributed by atoms with Crippen molar-refractivity contribution in [1.82, 2.24) is 4.90 Å². The van der Waals surface area contributed by atoms with Crippen molar-refractivity contribution in [1.29, 1.82) is 0 Å². The lowest BCUT2D eigenvalue weighted by atomic mass is 10.1. The second-order valence-corrected chi connectivity index (χ2v) is 9.21. The van der Waals surface area contributed by atoms with Crippen LogP contribution in [0.5, 0.6) is 11.5 Å². The van der Waals surface area contributed by atoms with Gasteiger partial charge in [-0.3, -0.25) is 9.69 Å². The average molecular weight is 498 g/mol. The monoisotopic (exact) mass is 497 g/mol. The number of hydrogen-bond acceptors (Lipinski definition) is 8. The van der Waals surface area contributed by atoms with Crippen LogP contribution in [0.4, 0.5) is 0 Å². The van der Waals surface area contributed by atoms with Crippen LogP contribution in [-0.2, 0) is 9.53 Å². The van der Waals surface area contributed by atoms with Gasteiger partial charge in [-0.1, -0.05) is 48.2 Å². The van der Waals surface area contributed by atoms with Crippen molar-refractivity contribution in [3.63, 3.8) is 0 Å². The predicted molar refractivity (Wildman–Crippen MR) is 135 cm³/mol. The first-order valence-electron chi connectivity index (χ1n) is 10.6. The van der Waals surface area contributed by atoms with Gasteiger partial charge in [0.2, 0.25) is 5.76 Å². The fourth-order valence-corrected chi connectivity index (χ4v) is 4.89. The molecule has 9 heteroatoms. The molecule has 1 aromatic heterocycles. The number of hydrogen-bond donors (Lipinski definition) is 0. The van der Waals surface area contributed by atoms with Crippen LogP contribution in [0.3, 0.4) is 0 Å². The largest absolute Gasteiger partial charge is 0.493 e. The Balaban J connectivity index is 1.52. The van der Waals surface area contributed by atoms with E-state index in [0.717, 1.165) is 5.39 Å². The van der Waals surface area contributed by atoms with Gasteiger partial charge in [0.05, 0.1) is 12.0 Å². The first-order chi connectivity index (χ1) is 16.4. The summed E-state index contributed by atoms with van der Waals surface area (Å²) in [4.78, 5) is 27.6. The standard InChI is InChI=1S/C25H23NO6S2/c1-15-17-7-4-5-8-18(17)31-22(15)24(28)32-19-10-9-16(13-20(19)30-3)14-21-23(27)26(25(33)34-21)11-6-12-29-2/h4-5,7-10,13-14H,6,11-12H2,1-3H3/b21-14-. The highest BCUT2D eigenvalue weighted by atomic mass is 32.2. The molecule has 4 rings (SSSR count). The highest BCUT2D eigenvalue weighted by Crippen LogP contribution is 2.35. The normalized spacial score (nSPS) is 14.9. The molecule has 0 radical (unpaired) electrons. The number of esters is 1. The van der Waals surface area contributed by atoms with Crippen molar-refractivity contribution < 1.29 is 28.2 Å². The van der Waals surface area contributed by atoms with E-state index in [0.29, 0.717) is 51.3 Å². The number of para-hydroxylation sites is 1. The number of ether oxygens (including phenoxy) is 3. The molecule has 1 aliphatic heterocycles. The lowest BCUT2D eigenvalue weighted by Crippen LogP contribution is -2.29. The molecule has 1 aliphatic rings. The third-order valence-electron chi connectivity index (χ3n) is 5.32. The van der Waals surface area contributed by atoms with E-state index in [4.69, 9.17) is 30.8 Å². The van der Waals surface area contributed by atoms with Crippen LogP contribution in [-0.4, -0.2) is 48.5 Å². The summed E-state index contributed by atoms with van der Waals surface area (Å²) in [5, 5.41) is 0.858. The van der Waals surface area contributed by atoms with Gasteiger partial charge in [-0.05, 0) is 43.2 Å². The van der Waals surface area contributed by atoms with Gasteiger partial charge in [0.15, 0.2) is 11.5 Å². The molecule has 0 N–H and O–H groups in total. The summed E-state index contributed by atoms with van der Waals surface area (Å²) in [6, 6.07) is 12.5. The van der Waals surface area contributed by atoms with Crippen molar-refractivity contribution in [2.24, 2.45) is 0 Å². The molecule has 176 valence electrons. The number of methoxy groups -OCH3 is 2. The Labute approximate surface area is 206 Å². The maximum atomic E-state index is 12.8. The summed E-state index contributed by atoms with van der Waals surface area (Å²) in [5.41, 5.74) is 2.05. The third kappa shape index (κ3) is 4.86. The molecule has 0 bridgehead atoms. The summed E-state index contributed by atoms with van der Waals surface area (Å²) in [6.45, 7) is 2.88. The Morgan fingerprint density at radius 3 is 2.71 bits per heavy atom. The van der Waals surface area contributed by atoms with Crippen LogP contribution in [0.25, 0.3) is 17.0 Å². The number of amides is 1. The van der Waals surface area contributed by atoms with Crippen LogP contribution in [0.15, 0.2) is 51.8 Å². The molecule has 2 aromatic carbocycles. The van der Waals surface area contributed by atoms with Gasteiger partial charge in [0.1, 0.15) is 9.90 Å². The number of thiocarbonyl (C=S) groups is 1. The highest BCUT2D eigenvalue weighted by molar-refractivity contribution is 8.26. The number of benzene rings is 2. The Morgan fingerprint density at radius 1 is 1.18 bits per heavy atom. The number of nitrogens with zero attached hydrogens (tertiary/aromatic N) is 1. The van der Waals surface area contributed by atoms with Crippen LogP contribution in [0.2, 0.25) is 0 Å². The van der Waals surface area contributed by atoms with Gasteiger partial charge >= 0.3 is 5.97 Å². The van der Waals surface area contributed by atoms with Gasteiger partial charge in [0, 0.05) is 31.2 Å². The maximum absolute atomic E-state index is 12.8. The minimum absolute atomic E-state index is 0.138. The topological polar surface area (TPSA) is 78.2 Å². The van der Waals surface area contributed by atoms with Gasteiger partial charge in [0.25, 0.3) is 5.91 Å². The van der Waals surface area contributed by atoms with E-state index in [1.165, 1.54) is 18.9 Å². The van der Waals surface area contributed by atoms with Crippen molar-refractivity contribution in [2.75, 3.05) is 27.4 Å². The predicted octanol–water partition coefficient (Wildman–Crippen LogP) is 5.21. The highest BCUT2D eigenvalue weighted by Gasteiger charge is 2.31. The molecule has 1 saturated heterocycles. The smallest absolute Gasteiger partial charge is 0.380 e. The summed E-state index contributed by atoms with van der Waals surface area (Å²) in [5.74, 6) is -0.00912. The molecule has 0 unspecified atom stereocenters. The molecule has 0 aliphatic carbocycles. The summed E-state index contributed by atoms with van der Waals surface area (Å²) >= 11 is 6.61. The van der Waals surface area contributed by atoms with E-state index in [-0.39, 0.29) is 17.4 Å². The second kappa shape index (κ2) is 10.4. The van der Waals surface area contributed by atoms with Crippen LogP contribution >= 0.6 is 24.0 Å². The third-order valence-corrected chi connectivity index (χ3v) is 6.70. The molecular formula is C25H23NO6S2. The molecule has 0 atom stereocenters. The van der Waals surface area contributed by atoms with E-state index in [1.807, 2.05) is 25.1 Å². The molecule has 1 fully saturated rings. The SMILES string of the molecule is COCCCN1C(=O)/C(=C/c2ccc(OC(=O)c3oc4ccccc4c3C)c(OC)c2)SC1=S. The lowest BCUT2D eigenvalue weighted by Gasteiger charge is -2.13. The molecule has 3 aromatic rings. The van der Waals surface area contributed by atoms with Crippen molar-refractivity contribution in [2.45, 2.75) is 13.3 Å². The molecular weight excluding hydrogens is 474 g/mol. The van der Waals surface area contributed by atoms with E-state index >= 15 is 0 Å². The zero-order chi connectivity index (χ0) is 24.2. The first kappa shape index (κ1) is 24.0. The van der Waals surface area contributed by atoms with Gasteiger partial charge < -0.3 is 18.6 Å². The Morgan fingerprint density at radius 2 is 1.97 bits per heavy atom. The van der Waals surface area contributed by atoms with Crippen LogP contribution in [0.1, 0.15) is 28.1 Å². The van der Waals surface area contributed by atoms with Crippen LogP contribution in [0, 0.1) is 6.92 Å². The van der Waals surface area contributed by atoms with Gasteiger partial charge in [-0.2, -0.15) is 0 Å². The fraction of sp³-hybridized carbons (Fsp3) is 0.240. The zero-order valence-corrected chi connectivity index (χ0v) is 20.6. The summed E-state index contributed by atoms with van der Waals surface area (Å²) in [7, 11) is 3.11. The molecule has 2 heterocycles. The van der Waals surface area contributed by atoms with Gasteiger partial charge in [-0.15, -0.1) is 0 Å². The molecule has 1 amide bonds. The Bertz CT molecular complexity index is 1300. The number of carbonyl (C=O) groups is 2. The van der Waals surface area contributed by atoms with Crippen LogP contribution < -0.4 is 9.47 Å². The minimum Gasteiger partial charge on any atom is -0.493 e. The number of fused-ring (bicyclic) bond motifs is 1. The molecule has 0 spiro atoms.